The summed E-state index contributed by atoms with van der Waals surface area (Å²) in [6.45, 7) is 2.13. The van der Waals surface area contributed by atoms with E-state index in [1.54, 1.807) is 17.9 Å². The summed E-state index contributed by atoms with van der Waals surface area (Å²) in [6, 6.07) is 8.57. The third kappa shape index (κ3) is 4.80. The normalized spacial score (nSPS) is 13.0. The molecule has 3 aromatic rings. The predicted molar refractivity (Wildman–Crippen MR) is 121 cm³/mol. The highest BCUT2D eigenvalue weighted by Gasteiger charge is 2.22. The monoisotopic (exact) mass is 489 g/mol. The van der Waals surface area contributed by atoms with Crippen LogP contribution in [0.15, 0.2) is 41.2 Å². The molecule has 34 heavy (non-hydrogen) atoms. The van der Waals surface area contributed by atoms with Gasteiger partial charge in [-0.1, -0.05) is 17.7 Å². The third-order valence-corrected chi connectivity index (χ3v) is 6.01. The van der Waals surface area contributed by atoms with Gasteiger partial charge in [0.2, 0.25) is 11.8 Å². The van der Waals surface area contributed by atoms with Crippen LogP contribution in [0.3, 0.4) is 0 Å². The van der Waals surface area contributed by atoms with Crippen molar-refractivity contribution in [3.63, 3.8) is 0 Å². The van der Waals surface area contributed by atoms with Gasteiger partial charge >= 0.3 is 0 Å². The van der Waals surface area contributed by atoms with Gasteiger partial charge in [0.1, 0.15) is 24.1 Å². The number of aliphatic hydroxyl groups is 1. The number of aromatic nitrogens is 2. The highest BCUT2D eigenvalue weighted by atomic mass is 35.5. The standard InChI is InChI=1S/C24H22ClF2N3O4/c1-14-28-23(34-13-17-2-4-18(26)11-20(17)27)22(25)24(33)30(14)19-5-3-16-12-29(21(32)7-9-31)8-6-15(16)10-19/h2-5,10-11,31H,6-9,12-13H2,1H3. The summed E-state index contributed by atoms with van der Waals surface area (Å²) in [5, 5.41) is 8.74. The van der Waals surface area contributed by atoms with Gasteiger partial charge in [0, 0.05) is 31.1 Å². The molecule has 10 heteroatoms. The lowest BCUT2D eigenvalue weighted by Gasteiger charge is -2.29. The molecule has 0 atom stereocenters. The summed E-state index contributed by atoms with van der Waals surface area (Å²) in [7, 11) is 0. The summed E-state index contributed by atoms with van der Waals surface area (Å²) >= 11 is 6.24. The van der Waals surface area contributed by atoms with Gasteiger partial charge in [-0.3, -0.25) is 14.2 Å². The molecule has 2 heterocycles. The Labute approximate surface area is 199 Å². The van der Waals surface area contributed by atoms with Crippen LogP contribution in [-0.4, -0.2) is 38.6 Å². The van der Waals surface area contributed by atoms with E-state index >= 15 is 0 Å². The second-order valence-electron chi connectivity index (χ2n) is 7.94. The molecule has 1 aliphatic rings. The highest BCUT2D eigenvalue weighted by Crippen LogP contribution is 2.25. The second kappa shape index (κ2) is 9.90. The molecule has 178 valence electrons. The number of carbonyl (C=O) groups excluding carboxylic acids is 1. The van der Waals surface area contributed by atoms with E-state index in [1.165, 1.54) is 10.6 Å². The lowest BCUT2D eigenvalue weighted by Crippen LogP contribution is -2.36. The van der Waals surface area contributed by atoms with E-state index in [9.17, 15) is 18.4 Å². The summed E-state index contributed by atoms with van der Waals surface area (Å²) in [5.74, 6) is -1.40. The number of hydrogen-bond acceptors (Lipinski definition) is 5. The molecule has 4 rings (SSSR count). The molecule has 0 fully saturated rings. The molecule has 1 aromatic heterocycles. The fraction of sp³-hybridized carbons (Fsp3) is 0.292. The molecule has 0 aliphatic carbocycles. The predicted octanol–water partition coefficient (Wildman–Crippen LogP) is 3.32. The summed E-state index contributed by atoms with van der Waals surface area (Å²) < 4.78 is 33.8. The van der Waals surface area contributed by atoms with Crippen molar-refractivity contribution >= 4 is 17.5 Å². The fourth-order valence-corrected chi connectivity index (χ4v) is 4.09. The molecule has 1 N–H and O–H groups in total. The molecule has 2 aromatic carbocycles. The number of ether oxygens (including phenoxy) is 1. The van der Waals surface area contributed by atoms with Crippen LogP contribution >= 0.6 is 11.6 Å². The van der Waals surface area contributed by atoms with Crippen molar-refractivity contribution < 1.29 is 23.4 Å². The Morgan fingerprint density at radius 2 is 2.00 bits per heavy atom. The zero-order valence-electron chi connectivity index (χ0n) is 18.4. The van der Waals surface area contributed by atoms with Gasteiger partial charge in [-0.15, -0.1) is 0 Å². The van der Waals surface area contributed by atoms with Gasteiger partial charge in [0.05, 0.1) is 12.3 Å². The van der Waals surface area contributed by atoms with Crippen LogP contribution in [0.2, 0.25) is 5.02 Å². The number of halogens is 3. The maximum atomic E-state index is 13.9. The Balaban J connectivity index is 1.58. The van der Waals surface area contributed by atoms with Gasteiger partial charge < -0.3 is 14.7 Å². The molecule has 1 aliphatic heterocycles. The zero-order chi connectivity index (χ0) is 24.4. The average Bonchev–Trinajstić information content (AvgIpc) is 2.81. The number of rotatable bonds is 6. The van der Waals surface area contributed by atoms with E-state index < -0.39 is 17.2 Å². The average molecular weight is 490 g/mol. The van der Waals surface area contributed by atoms with Crippen LogP contribution in [0.1, 0.15) is 28.9 Å². The summed E-state index contributed by atoms with van der Waals surface area (Å²) in [6.07, 6.45) is 0.703. The van der Waals surface area contributed by atoms with Gasteiger partial charge in [-0.05, 0) is 48.7 Å². The van der Waals surface area contributed by atoms with Crippen molar-refractivity contribution in [1.82, 2.24) is 14.5 Å². The first-order valence-corrected chi connectivity index (χ1v) is 11.0. The molecule has 0 saturated heterocycles. The lowest BCUT2D eigenvalue weighted by atomic mass is 9.98. The number of hydrogen-bond donors (Lipinski definition) is 1. The molecule has 0 unspecified atom stereocenters. The first-order chi connectivity index (χ1) is 16.3. The van der Waals surface area contributed by atoms with Crippen LogP contribution in [0.5, 0.6) is 5.88 Å². The van der Waals surface area contributed by atoms with E-state index in [2.05, 4.69) is 4.98 Å². The van der Waals surface area contributed by atoms with Gasteiger partial charge in [-0.25, -0.2) is 8.78 Å². The Bertz CT molecular complexity index is 1310. The van der Waals surface area contributed by atoms with Crippen LogP contribution in [0, 0.1) is 18.6 Å². The van der Waals surface area contributed by atoms with Crippen molar-refractivity contribution in [3.8, 4) is 11.6 Å². The van der Waals surface area contributed by atoms with Crippen molar-refractivity contribution in [1.29, 1.82) is 0 Å². The van der Waals surface area contributed by atoms with Crippen LogP contribution in [-0.2, 0) is 24.4 Å². The molecule has 7 nitrogen and oxygen atoms in total. The molecular formula is C24H22ClF2N3O4. The number of carbonyl (C=O) groups is 1. The lowest BCUT2D eigenvalue weighted by molar-refractivity contribution is -0.132. The van der Waals surface area contributed by atoms with E-state index in [-0.39, 0.29) is 42.0 Å². The van der Waals surface area contributed by atoms with Crippen LogP contribution in [0.25, 0.3) is 5.69 Å². The smallest absolute Gasteiger partial charge is 0.280 e. The minimum atomic E-state index is -0.771. The number of amides is 1. The number of aliphatic hydroxyl groups excluding tert-OH is 1. The third-order valence-electron chi connectivity index (χ3n) is 5.68. The first-order valence-electron chi connectivity index (χ1n) is 10.6. The highest BCUT2D eigenvalue weighted by molar-refractivity contribution is 6.31. The maximum absolute atomic E-state index is 13.9. The zero-order valence-corrected chi connectivity index (χ0v) is 19.1. The first kappa shape index (κ1) is 23.8. The Morgan fingerprint density at radius 3 is 2.74 bits per heavy atom. The minimum Gasteiger partial charge on any atom is -0.471 e. The van der Waals surface area contributed by atoms with Crippen molar-refractivity contribution in [2.75, 3.05) is 13.2 Å². The second-order valence-corrected chi connectivity index (χ2v) is 8.31. The van der Waals surface area contributed by atoms with E-state index in [0.717, 1.165) is 23.3 Å². The fourth-order valence-electron chi connectivity index (χ4n) is 3.91. The quantitative estimate of drug-likeness (QED) is 0.574. The van der Waals surface area contributed by atoms with E-state index in [1.807, 2.05) is 12.1 Å². The molecule has 1 amide bonds. The number of benzene rings is 2. The van der Waals surface area contributed by atoms with Gasteiger partial charge in [0.15, 0.2) is 5.02 Å². The Kier molecular flexibility index (Phi) is 6.95. The number of aryl methyl sites for hydroxylation is 1. The molecule has 0 bridgehead atoms. The molecule has 0 radical (unpaired) electrons. The summed E-state index contributed by atoms with van der Waals surface area (Å²) in [5.41, 5.74) is 2.09. The van der Waals surface area contributed by atoms with Crippen molar-refractivity contribution in [2.24, 2.45) is 0 Å². The van der Waals surface area contributed by atoms with Crippen molar-refractivity contribution in [3.05, 3.63) is 85.9 Å². The summed E-state index contributed by atoms with van der Waals surface area (Å²) in [4.78, 5) is 31.1. The molecular weight excluding hydrogens is 468 g/mol. The topological polar surface area (TPSA) is 84.7 Å². The number of nitrogens with zero attached hydrogens (tertiary/aromatic N) is 3. The SMILES string of the molecule is Cc1nc(OCc2ccc(F)cc2F)c(Cl)c(=O)n1-c1ccc2c(c1)CCN(C(=O)CCO)C2. The Hall–Kier alpha value is -3.30. The number of fused-ring (bicyclic) bond motifs is 1. The largest absolute Gasteiger partial charge is 0.471 e. The van der Waals surface area contributed by atoms with Gasteiger partial charge in [-0.2, -0.15) is 4.98 Å². The molecule has 0 saturated carbocycles. The maximum Gasteiger partial charge on any atom is 0.280 e. The van der Waals surface area contributed by atoms with E-state index in [4.69, 9.17) is 21.4 Å². The molecule has 0 spiro atoms. The van der Waals surface area contributed by atoms with Crippen molar-refractivity contribution in [2.45, 2.75) is 32.9 Å². The van der Waals surface area contributed by atoms with E-state index in [0.29, 0.717) is 31.0 Å². The Morgan fingerprint density at radius 1 is 1.21 bits per heavy atom. The van der Waals surface area contributed by atoms with Gasteiger partial charge in [0.25, 0.3) is 5.56 Å². The minimum absolute atomic E-state index is 0.0917. The van der Waals surface area contributed by atoms with Crippen LogP contribution in [0.4, 0.5) is 8.78 Å². The van der Waals surface area contributed by atoms with Crippen LogP contribution < -0.4 is 10.3 Å².